The van der Waals surface area contributed by atoms with Gasteiger partial charge in [-0.1, -0.05) is 31.4 Å². The molecule has 1 aliphatic carbocycles. The van der Waals surface area contributed by atoms with E-state index < -0.39 is 0 Å². The summed E-state index contributed by atoms with van der Waals surface area (Å²) in [4.78, 5) is 12.1. The average Bonchev–Trinajstić information content (AvgIpc) is 2.46. The summed E-state index contributed by atoms with van der Waals surface area (Å²) in [6.07, 6.45) is 4.18. The van der Waals surface area contributed by atoms with E-state index in [9.17, 15) is 4.79 Å². The molecule has 1 aliphatic rings. The number of amides is 1. The van der Waals surface area contributed by atoms with E-state index in [0.717, 1.165) is 19.3 Å². The molecule has 5 heteroatoms. The first-order valence-electron chi connectivity index (χ1n) is 7.28. The third kappa shape index (κ3) is 4.79. The van der Waals surface area contributed by atoms with Crippen molar-refractivity contribution < 1.29 is 9.53 Å². The maximum atomic E-state index is 12.1. The lowest BCUT2D eigenvalue weighted by molar-refractivity contribution is -0.125. The largest absolute Gasteiger partial charge is 0.484 e. The Bertz CT molecular complexity index is 478. The van der Waals surface area contributed by atoms with Crippen molar-refractivity contribution in [2.75, 3.05) is 12.5 Å². The third-order valence-corrected chi connectivity index (χ3v) is 4.70. The van der Waals surface area contributed by atoms with E-state index in [1.54, 1.807) is 24.3 Å². The number of halogens is 2. The zero-order chi connectivity index (χ0) is 15.3. The van der Waals surface area contributed by atoms with E-state index in [1.807, 2.05) is 0 Å². The monoisotopic (exact) mass is 329 g/mol. The second kappa shape index (κ2) is 7.37. The van der Waals surface area contributed by atoms with Gasteiger partial charge in [-0.05, 0) is 43.0 Å². The maximum absolute atomic E-state index is 12.1. The Morgan fingerprint density at radius 3 is 2.76 bits per heavy atom. The fourth-order valence-electron chi connectivity index (χ4n) is 2.94. The molecular formula is C16H21Cl2NO2. The molecule has 1 aromatic carbocycles. The first-order chi connectivity index (χ1) is 10.0. The predicted molar refractivity (Wildman–Crippen MR) is 86.2 cm³/mol. The highest BCUT2D eigenvalue weighted by molar-refractivity contribution is 6.30. The lowest BCUT2D eigenvalue weighted by Gasteiger charge is -2.39. The molecule has 1 aromatic rings. The zero-order valence-electron chi connectivity index (χ0n) is 12.2. The normalized spacial score (nSPS) is 25.4. The van der Waals surface area contributed by atoms with Gasteiger partial charge in [0.05, 0.1) is 5.54 Å². The lowest BCUT2D eigenvalue weighted by Crippen LogP contribution is -2.53. The minimum atomic E-state index is -0.278. The van der Waals surface area contributed by atoms with Crippen LogP contribution in [0.15, 0.2) is 24.3 Å². The van der Waals surface area contributed by atoms with Crippen LogP contribution in [-0.2, 0) is 4.79 Å². The van der Waals surface area contributed by atoms with Gasteiger partial charge in [0.15, 0.2) is 6.61 Å². The molecule has 2 unspecified atom stereocenters. The first kappa shape index (κ1) is 16.4. The highest BCUT2D eigenvalue weighted by atomic mass is 35.5. The van der Waals surface area contributed by atoms with Crippen molar-refractivity contribution in [3.05, 3.63) is 29.3 Å². The van der Waals surface area contributed by atoms with Crippen LogP contribution in [-0.4, -0.2) is 23.9 Å². The number of carbonyl (C=O) groups is 1. The Kier molecular flexibility index (Phi) is 5.77. The van der Waals surface area contributed by atoms with E-state index in [0.29, 0.717) is 22.6 Å². The highest BCUT2D eigenvalue weighted by Gasteiger charge is 2.35. The summed E-state index contributed by atoms with van der Waals surface area (Å²) in [5.41, 5.74) is -0.278. The molecule has 1 fully saturated rings. The van der Waals surface area contributed by atoms with Crippen LogP contribution < -0.4 is 10.1 Å². The van der Waals surface area contributed by atoms with Crippen molar-refractivity contribution in [1.82, 2.24) is 5.32 Å². The van der Waals surface area contributed by atoms with Crippen LogP contribution in [0.25, 0.3) is 0 Å². The summed E-state index contributed by atoms with van der Waals surface area (Å²) in [5, 5.41) is 3.71. The van der Waals surface area contributed by atoms with Crippen LogP contribution in [0.1, 0.15) is 32.6 Å². The Labute approximate surface area is 136 Å². The number of hydrogen-bond acceptors (Lipinski definition) is 2. The van der Waals surface area contributed by atoms with Crippen molar-refractivity contribution in [3.8, 4) is 5.75 Å². The fraction of sp³-hybridized carbons (Fsp3) is 0.562. The minimum Gasteiger partial charge on any atom is -0.484 e. The number of carbonyl (C=O) groups excluding carboxylic acids is 1. The van der Waals surface area contributed by atoms with E-state index in [1.165, 1.54) is 6.42 Å². The van der Waals surface area contributed by atoms with Gasteiger partial charge in [0, 0.05) is 10.9 Å². The molecule has 1 saturated carbocycles. The van der Waals surface area contributed by atoms with Crippen molar-refractivity contribution in [1.29, 1.82) is 0 Å². The van der Waals surface area contributed by atoms with Crippen LogP contribution in [0, 0.1) is 5.92 Å². The van der Waals surface area contributed by atoms with Crippen molar-refractivity contribution >= 4 is 29.1 Å². The van der Waals surface area contributed by atoms with E-state index in [2.05, 4.69) is 12.2 Å². The SMILES string of the molecule is CC1CCCC(CCl)(NC(=O)COc2ccc(Cl)cc2)C1. The molecule has 1 N–H and O–H groups in total. The number of rotatable bonds is 5. The molecule has 0 radical (unpaired) electrons. The summed E-state index contributed by atoms with van der Waals surface area (Å²) in [6.45, 7) is 2.20. The molecule has 21 heavy (non-hydrogen) atoms. The number of hydrogen-bond donors (Lipinski definition) is 1. The standard InChI is InChI=1S/C16H21Cl2NO2/c1-12-3-2-8-16(9-12,11-17)19-15(20)10-21-14-6-4-13(18)5-7-14/h4-7,12H,2-3,8-11H2,1H3,(H,19,20). The van der Waals surface area contributed by atoms with Crippen LogP contribution in [0.4, 0.5) is 0 Å². The van der Waals surface area contributed by atoms with Gasteiger partial charge in [-0.15, -0.1) is 11.6 Å². The molecule has 116 valence electrons. The highest BCUT2D eigenvalue weighted by Crippen LogP contribution is 2.33. The Hall–Kier alpha value is -0.930. The van der Waals surface area contributed by atoms with E-state index in [4.69, 9.17) is 27.9 Å². The molecule has 0 spiro atoms. The summed E-state index contributed by atoms with van der Waals surface area (Å²) < 4.78 is 5.47. The molecule has 2 rings (SSSR count). The molecule has 3 nitrogen and oxygen atoms in total. The molecule has 0 aromatic heterocycles. The van der Waals surface area contributed by atoms with Gasteiger partial charge in [0.2, 0.25) is 0 Å². The molecule has 0 heterocycles. The summed E-state index contributed by atoms with van der Waals surface area (Å²) in [6, 6.07) is 6.96. The average molecular weight is 330 g/mol. The third-order valence-electron chi connectivity index (χ3n) is 3.94. The summed E-state index contributed by atoms with van der Waals surface area (Å²) in [5.74, 6) is 1.55. The summed E-state index contributed by atoms with van der Waals surface area (Å²) >= 11 is 11.9. The van der Waals surface area contributed by atoms with Crippen LogP contribution >= 0.6 is 23.2 Å². The molecule has 0 bridgehead atoms. The Balaban J connectivity index is 1.86. The van der Waals surface area contributed by atoms with Crippen molar-refractivity contribution in [2.45, 2.75) is 38.1 Å². The number of alkyl halides is 1. The van der Waals surface area contributed by atoms with Crippen molar-refractivity contribution in [3.63, 3.8) is 0 Å². The van der Waals surface area contributed by atoms with Crippen LogP contribution in [0.5, 0.6) is 5.75 Å². The summed E-state index contributed by atoms with van der Waals surface area (Å²) in [7, 11) is 0. The molecule has 2 atom stereocenters. The van der Waals surface area contributed by atoms with Crippen LogP contribution in [0.3, 0.4) is 0 Å². The van der Waals surface area contributed by atoms with Crippen molar-refractivity contribution in [2.24, 2.45) is 5.92 Å². The van der Waals surface area contributed by atoms with E-state index in [-0.39, 0.29) is 18.1 Å². The van der Waals surface area contributed by atoms with E-state index >= 15 is 0 Å². The maximum Gasteiger partial charge on any atom is 0.258 e. The molecule has 0 saturated heterocycles. The number of benzene rings is 1. The van der Waals surface area contributed by atoms with Gasteiger partial charge in [-0.25, -0.2) is 0 Å². The quantitative estimate of drug-likeness (QED) is 0.828. The number of nitrogens with one attached hydrogen (secondary N) is 1. The molecule has 1 amide bonds. The van der Waals surface area contributed by atoms with Gasteiger partial charge in [-0.3, -0.25) is 4.79 Å². The number of ether oxygens (including phenoxy) is 1. The van der Waals surface area contributed by atoms with Gasteiger partial charge < -0.3 is 10.1 Å². The topological polar surface area (TPSA) is 38.3 Å². The Morgan fingerprint density at radius 2 is 2.14 bits per heavy atom. The molecular weight excluding hydrogens is 309 g/mol. The van der Waals surface area contributed by atoms with Gasteiger partial charge >= 0.3 is 0 Å². The van der Waals surface area contributed by atoms with Crippen LogP contribution in [0.2, 0.25) is 5.02 Å². The predicted octanol–water partition coefficient (Wildman–Crippen LogP) is 4.02. The second-order valence-electron chi connectivity index (χ2n) is 5.91. The smallest absolute Gasteiger partial charge is 0.258 e. The molecule has 0 aliphatic heterocycles. The Morgan fingerprint density at radius 1 is 1.43 bits per heavy atom. The van der Waals surface area contributed by atoms with Gasteiger partial charge in [0.1, 0.15) is 5.75 Å². The van der Waals surface area contributed by atoms with Gasteiger partial charge in [0.25, 0.3) is 5.91 Å². The lowest BCUT2D eigenvalue weighted by atomic mass is 9.77. The fourth-order valence-corrected chi connectivity index (χ4v) is 3.38. The first-order valence-corrected chi connectivity index (χ1v) is 8.20. The second-order valence-corrected chi connectivity index (χ2v) is 6.61. The minimum absolute atomic E-state index is 0.00531. The van der Waals surface area contributed by atoms with Gasteiger partial charge in [-0.2, -0.15) is 0 Å². The zero-order valence-corrected chi connectivity index (χ0v) is 13.7.